The number of rotatable bonds is 2. The molecule has 0 spiro atoms. The molecular formula is C17H18BrN3. The average molecular weight is 344 g/mol. The van der Waals surface area contributed by atoms with E-state index >= 15 is 0 Å². The molecule has 21 heavy (non-hydrogen) atoms. The number of nitrogens with one attached hydrogen (secondary N) is 1. The minimum Gasteiger partial charge on any atom is -0.377 e. The molecule has 0 aliphatic heterocycles. The summed E-state index contributed by atoms with van der Waals surface area (Å²) < 4.78 is 1.07. The minimum atomic E-state index is 0.907. The van der Waals surface area contributed by atoms with Crippen molar-refractivity contribution in [2.75, 3.05) is 19.0 Å². The number of aromatic nitrogens is 2. The maximum atomic E-state index is 4.75. The first-order valence-corrected chi connectivity index (χ1v) is 7.69. The average Bonchev–Trinajstić information content (AvgIpc) is 2.82. The van der Waals surface area contributed by atoms with Gasteiger partial charge in [0.1, 0.15) is 5.82 Å². The first kappa shape index (κ1) is 14.1. The zero-order valence-corrected chi connectivity index (χ0v) is 14.2. The smallest absolute Gasteiger partial charge is 0.138 e. The van der Waals surface area contributed by atoms with E-state index in [-0.39, 0.29) is 0 Å². The molecule has 3 aromatic rings. The predicted octanol–water partition coefficient (Wildman–Crippen LogP) is 4.68. The van der Waals surface area contributed by atoms with Gasteiger partial charge in [-0.15, -0.1) is 0 Å². The summed E-state index contributed by atoms with van der Waals surface area (Å²) >= 11 is 3.63. The van der Waals surface area contributed by atoms with Crippen LogP contribution in [0.15, 0.2) is 34.8 Å². The molecule has 1 heterocycles. The van der Waals surface area contributed by atoms with E-state index < -0.39 is 0 Å². The molecule has 0 bridgehead atoms. The Bertz CT molecular complexity index is 818. The molecule has 0 aliphatic carbocycles. The van der Waals surface area contributed by atoms with Crippen LogP contribution in [-0.4, -0.2) is 24.1 Å². The maximum Gasteiger partial charge on any atom is 0.138 e. The molecule has 3 nitrogen and oxygen atoms in total. The number of anilines is 1. The second-order valence-electron chi connectivity index (χ2n) is 5.62. The van der Waals surface area contributed by atoms with Gasteiger partial charge in [0, 0.05) is 24.1 Å². The van der Waals surface area contributed by atoms with Crippen molar-refractivity contribution in [2.45, 2.75) is 13.8 Å². The van der Waals surface area contributed by atoms with Crippen molar-refractivity contribution < 1.29 is 0 Å². The molecule has 0 fully saturated rings. The summed E-state index contributed by atoms with van der Waals surface area (Å²) in [5.74, 6) is 0.907. The molecule has 0 aliphatic rings. The minimum absolute atomic E-state index is 0.907. The van der Waals surface area contributed by atoms with E-state index in [1.807, 2.05) is 14.1 Å². The van der Waals surface area contributed by atoms with Crippen LogP contribution in [0.3, 0.4) is 0 Å². The van der Waals surface area contributed by atoms with Crippen LogP contribution >= 0.6 is 15.9 Å². The van der Waals surface area contributed by atoms with Crippen LogP contribution in [-0.2, 0) is 0 Å². The molecule has 3 rings (SSSR count). The number of benzene rings is 2. The van der Waals surface area contributed by atoms with Gasteiger partial charge in [0.2, 0.25) is 0 Å². The monoisotopic (exact) mass is 343 g/mol. The van der Waals surface area contributed by atoms with E-state index in [0.717, 1.165) is 32.6 Å². The Morgan fingerprint density at radius 1 is 1.10 bits per heavy atom. The van der Waals surface area contributed by atoms with Gasteiger partial charge in [-0.2, -0.15) is 0 Å². The lowest BCUT2D eigenvalue weighted by Crippen LogP contribution is -2.09. The van der Waals surface area contributed by atoms with Gasteiger partial charge < -0.3 is 9.88 Å². The van der Waals surface area contributed by atoms with Gasteiger partial charge in [0.15, 0.2) is 0 Å². The Morgan fingerprint density at radius 3 is 2.52 bits per heavy atom. The van der Waals surface area contributed by atoms with Crippen molar-refractivity contribution in [2.24, 2.45) is 0 Å². The fourth-order valence-electron chi connectivity index (χ4n) is 2.62. The van der Waals surface area contributed by atoms with Crippen molar-refractivity contribution in [1.82, 2.24) is 9.97 Å². The summed E-state index contributed by atoms with van der Waals surface area (Å²) in [5, 5.41) is 0. The normalized spacial score (nSPS) is 11.1. The fourth-order valence-corrected chi connectivity index (χ4v) is 3.36. The number of halogens is 1. The number of hydrogen-bond donors (Lipinski definition) is 1. The van der Waals surface area contributed by atoms with Crippen molar-refractivity contribution in [3.8, 4) is 11.4 Å². The predicted molar refractivity (Wildman–Crippen MR) is 93.0 cm³/mol. The number of aromatic amines is 1. The lowest BCUT2D eigenvalue weighted by Gasteiger charge is -2.14. The fraction of sp³-hybridized carbons (Fsp3) is 0.235. The quantitative estimate of drug-likeness (QED) is 0.732. The molecule has 0 unspecified atom stereocenters. The van der Waals surface area contributed by atoms with E-state index in [9.17, 15) is 0 Å². The van der Waals surface area contributed by atoms with Gasteiger partial charge >= 0.3 is 0 Å². The van der Waals surface area contributed by atoms with Gasteiger partial charge in [-0.25, -0.2) is 4.98 Å². The number of imidazole rings is 1. The van der Waals surface area contributed by atoms with Crippen molar-refractivity contribution >= 4 is 32.7 Å². The Morgan fingerprint density at radius 2 is 1.86 bits per heavy atom. The molecule has 1 aromatic heterocycles. The molecule has 108 valence electrons. The summed E-state index contributed by atoms with van der Waals surface area (Å²) in [6.07, 6.45) is 0. The summed E-state index contributed by atoms with van der Waals surface area (Å²) in [6, 6.07) is 10.6. The Hall–Kier alpha value is -1.81. The van der Waals surface area contributed by atoms with E-state index in [0.29, 0.717) is 0 Å². The summed E-state index contributed by atoms with van der Waals surface area (Å²) in [4.78, 5) is 10.3. The van der Waals surface area contributed by atoms with Gasteiger partial charge in [0.25, 0.3) is 0 Å². The maximum absolute atomic E-state index is 4.75. The highest BCUT2D eigenvalue weighted by Crippen LogP contribution is 2.31. The van der Waals surface area contributed by atoms with E-state index in [1.54, 1.807) is 0 Å². The Kier molecular flexibility index (Phi) is 3.49. The van der Waals surface area contributed by atoms with E-state index in [1.165, 1.54) is 11.1 Å². The SMILES string of the molecule is Cc1cc(C)c2nc(-c3ccc(N(C)C)c(Br)c3)[nH]c2c1. The highest BCUT2D eigenvalue weighted by molar-refractivity contribution is 9.10. The number of H-pyrrole nitrogens is 1. The zero-order valence-electron chi connectivity index (χ0n) is 12.7. The third kappa shape index (κ3) is 2.56. The lowest BCUT2D eigenvalue weighted by atomic mass is 10.1. The lowest BCUT2D eigenvalue weighted by molar-refractivity contribution is 1.12. The van der Waals surface area contributed by atoms with E-state index in [2.05, 4.69) is 70.0 Å². The van der Waals surface area contributed by atoms with Crippen LogP contribution in [0, 0.1) is 13.8 Å². The van der Waals surface area contributed by atoms with Crippen molar-refractivity contribution in [3.63, 3.8) is 0 Å². The second-order valence-corrected chi connectivity index (χ2v) is 6.48. The topological polar surface area (TPSA) is 31.9 Å². The number of aryl methyl sites for hydroxylation is 2. The molecule has 0 saturated heterocycles. The van der Waals surface area contributed by atoms with Crippen LogP contribution in [0.25, 0.3) is 22.4 Å². The van der Waals surface area contributed by atoms with Crippen LogP contribution in [0.1, 0.15) is 11.1 Å². The molecular weight excluding hydrogens is 326 g/mol. The van der Waals surface area contributed by atoms with Gasteiger partial charge in [0.05, 0.1) is 16.7 Å². The Labute approximate surface area is 133 Å². The molecule has 0 amide bonds. The molecule has 4 heteroatoms. The van der Waals surface area contributed by atoms with Crippen molar-refractivity contribution in [3.05, 3.63) is 45.9 Å². The second kappa shape index (κ2) is 5.19. The van der Waals surface area contributed by atoms with Crippen LogP contribution in [0.2, 0.25) is 0 Å². The standard InChI is InChI=1S/C17H18BrN3/c1-10-7-11(2)16-14(8-10)19-17(20-16)12-5-6-15(21(3)4)13(18)9-12/h5-9H,1-4H3,(H,19,20). The highest BCUT2D eigenvalue weighted by Gasteiger charge is 2.10. The molecule has 0 saturated carbocycles. The molecule has 0 radical (unpaired) electrons. The number of fused-ring (bicyclic) bond motifs is 1. The molecule has 1 N–H and O–H groups in total. The zero-order chi connectivity index (χ0) is 15.1. The van der Waals surface area contributed by atoms with Crippen LogP contribution in [0.5, 0.6) is 0 Å². The van der Waals surface area contributed by atoms with Crippen LogP contribution in [0.4, 0.5) is 5.69 Å². The summed E-state index contributed by atoms with van der Waals surface area (Å²) in [5.41, 5.74) is 6.83. The molecule has 2 aromatic carbocycles. The van der Waals surface area contributed by atoms with Gasteiger partial charge in [-0.05, 0) is 65.2 Å². The van der Waals surface area contributed by atoms with Crippen molar-refractivity contribution in [1.29, 1.82) is 0 Å². The Balaban J connectivity index is 2.12. The third-order valence-corrected chi connectivity index (χ3v) is 4.26. The third-order valence-electron chi connectivity index (χ3n) is 3.62. The largest absolute Gasteiger partial charge is 0.377 e. The first-order chi connectivity index (χ1) is 9.95. The molecule has 0 atom stereocenters. The number of nitrogens with zero attached hydrogens (tertiary/aromatic N) is 2. The highest BCUT2D eigenvalue weighted by atomic mass is 79.9. The first-order valence-electron chi connectivity index (χ1n) is 6.90. The summed E-state index contributed by atoms with van der Waals surface area (Å²) in [6.45, 7) is 4.21. The van der Waals surface area contributed by atoms with Crippen LogP contribution < -0.4 is 4.90 Å². The van der Waals surface area contributed by atoms with E-state index in [4.69, 9.17) is 4.98 Å². The number of hydrogen-bond acceptors (Lipinski definition) is 2. The van der Waals surface area contributed by atoms with Gasteiger partial charge in [-0.1, -0.05) is 6.07 Å². The summed E-state index contributed by atoms with van der Waals surface area (Å²) in [7, 11) is 4.07. The van der Waals surface area contributed by atoms with Gasteiger partial charge in [-0.3, -0.25) is 0 Å².